The molecule has 0 bridgehead atoms. The monoisotopic (exact) mass is 248 g/mol. The number of hydrogen-bond donors (Lipinski definition) is 0. The molecule has 0 aliphatic heterocycles. The van der Waals surface area contributed by atoms with Gasteiger partial charge in [0.25, 0.3) is 0 Å². The Morgan fingerprint density at radius 2 is 1.85 bits per heavy atom. The third-order valence-corrected chi connectivity index (χ3v) is 2.23. The van der Waals surface area contributed by atoms with Crippen molar-refractivity contribution in [2.45, 2.75) is 20.0 Å². The number of esters is 1. The van der Waals surface area contributed by atoms with Gasteiger partial charge in [-0.15, -0.1) is 0 Å². The van der Waals surface area contributed by atoms with Crippen molar-refractivity contribution in [1.29, 1.82) is 0 Å². The Hall–Kier alpha value is 0.240. The fourth-order valence-electron chi connectivity index (χ4n) is 0.685. The highest BCUT2D eigenvalue weighted by atomic mass is 35.9. The first-order valence-corrected chi connectivity index (χ1v) is 6.97. The molecule has 0 aromatic rings. The predicted molar refractivity (Wildman–Crippen MR) is 51.0 cm³/mol. The first-order valence-electron chi connectivity index (χ1n) is 3.53. The summed E-state index contributed by atoms with van der Waals surface area (Å²) in [6.07, 6.45) is -4.69. The second-order valence-electron chi connectivity index (χ2n) is 2.71. The van der Waals surface area contributed by atoms with Crippen molar-refractivity contribution in [3.05, 3.63) is 0 Å². The molecule has 0 fully saturated rings. The van der Waals surface area contributed by atoms with Crippen LogP contribution in [0.2, 0.25) is 0 Å². The summed E-state index contributed by atoms with van der Waals surface area (Å²) in [5.41, 5.74) is 0. The first kappa shape index (κ1) is 13.2. The average Bonchev–Trinajstić information content (AvgIpc) is 1.96. The zero-order chi connectivity index (χ0) is 10.6. The minimum absolute atomic E-state index is 0.210. The standard InChI is InChI=1S/C6H11Cl2O4P/c1-4(2)5(6(9)11-3)12-13(7,8)10/h4-5H,1-3H3/t5-/m0/s1. The molecule has 0 heterocycles. The highest BCUT2D eigenvalue weighted by molar-refractivity contribution is 8.05. The smallest absolute Gasteiger partial charge is 0.380 e. The molecule has 0 aliphatic carbocycles. The highest BCUT2D eigenvalue weighted by Gasteiger charge is 2.31. The SMILES string of the molecule is COC(=O)[C@@H](OP(=O)(Cl)Cl)C(C)C. The van der Waals surface area contributed by atoms with E-state index in [1.807, 2.05) is 0 Å². The van der Waals surface area contributed by atoms with Crippen molar-refractivity contribution in [3.8, 4) is 0 Å². The molecule has 0 saturated heterocycles. The lowest BCUT2D eigenvalue weighted by atomic mass is 10.1. The fourth-order valence-corrected chi connectivity index (χ4v) is 1.79. The molecule has 0 aliphatic rings. The number of rotatable bonds is 4. The number of methoxy groups -OCH3 is 1. The van der Waals surface area contributed by atoms with Crippen molar-refractivity contribution < 1.29 is 18.6 Å². The van der Waals surface area contributed by atoms with Crippen LogP contribution < -0.4 is 0 Å². The van der Waals surface area contributed by atoms with Crippen LogP contribution in [-0.2, 0) is 18.6 Å². The molecule has 1 atom stereocenters. The lowest BCUT2D eigenvalue weighted by molar-refractivity contribution is -0.150. The fraction of sp³-hybridized carbons (Fsp3) is 0.833. The van der Waals surface area contributed by atoms with Crippen LogP contribution in [0.5, 0.6) is 0 Å². The molecule has 4 nitrogen and oxygen atoms in total. The minimum Gasteiger partial charge on any atom is -0.467 e. The summed E-state index contributed by atoms with van der Waals surface area (Å²) < 4.78 is 19.9. The van der Waals surface area contributed by atoms with Crippen LogP contribution in [0.15, 0.2) is 0 Å². The van der Waals surface area contributed by atoms with Gasteiger partial charge in [-0.05, 0) is 28.4 Å². The number of hydrogen-bond acceptors (Lipinski definition) is 4. The molecular formula is C6H11Cl2O4P. The van der Waals surface area contributed by atoms with Gasteiger partial charge < -0.3 is 4.74 Å². The Bertz CT molecular complexity index is 225. The van der Waals surface area contributed by atoms with Crippen LogP contribution in [0.3, 0.4) is 0 Å². The van der Waals surface area contributed by atoms with E-state index in [1.165, 1.54) is 7.11 Å². The van der Waals surface area contributed by atoms with E-state index in [1.54, 1.807) is 13.8 Å². The van der Waals surface area contributed by atoms with Crippen molar-refractivity contribution in [2.24, 2.45) is 5.92 Å². The van der Waals surface area contributed by atoms with E-state index in [9.17, 15) is 9.36 Å². The summed E-state index contributed by atoms with van der Waals surface area (Å²) >= 11 is 10.3. The van der Waals surface area contributed by atoms with Crippen molar-refractivity contribution in [1.82, 2.24) is 0 Å². The molecule has 0 radical (unpaired) electrons. The summed E-state index contributed by atoms with van der Waals surface area (Å²) in [7, 11) is 1.20. The molecule has 78 valence electrons. The molecule has 0 amide bonds. The average molecular weight is 249 g/mol. The maximum absolute atomic E-state index is 11.0. The molecule has 0 rings (SSSR count). The molecule has 7 heteroatoms. The van der Waals surface area contributed by atoms with E-state index in [0.29, 0.717) is 0 Å². The van der Waals surface area contributed by atoms with Crippen LogP contribution >= 0.6 is 28.6 Å². The van der Waals surface area contributed by atoms with Gasteiger partial charge >= 0.3 is 12.0 Å². The quantitative estimate of drug-likeness (QED) is 0.567. The van der Waals surface area contributed by atoms with Crippen LogP contribution in [0, 0.1) is 5.92 Å². The van der Waals surface area contributed by atoms with Gasteiger partial charge in [-0.25, -0.2) is 4.79 Å². The van der Waals surface area contributed by atoms with E-state index in [0.717, 1.165) is 0 Å². The lowest BCUT2D eigenvalue weighted by Gasteiger charge is -2.18. The topological polar surface area (TPSA) is 52.6 Å². The minimum atomic E-state index is -3.70. The summed E-state index contributed by atoms with van der Waals surface area (Å²) in [6.45, 7) is 3.40. The van der Waals surface area contributed by atoms with E-state index >= 15 is 0 Å². The van der Waals surface area contributed by atoms with Gasteiger partial charge in [0.05, 0.1) is 7.11 Å². The van der Waals surface area contributed by atoms with Gasteiger partial charge in [0.1, 0.15) is 0 Å². The van der Waals surface area contributed by atoms with Crippen molar-refractivity contribution in [3.63, 3.8) is 0 Å². The third kappa shape index (κ3) is 5.53. The summed E-state index contributed by atoms with van der Waals surface area (Å²) in [5, 5.41) is 0. The van der Waals surface area contributed by atoms with Gasteiger partial charge in [0.15, 0.2) is 6.10 Å². The summed E-state index contributed by atoms with van der Waals surface area (Å²) in [4.78, 5) is 11.0. The van der Waals surface area contributed by atoms with E-state index < -0.39 is 18.1 Å². The van der Waals surface area contributed by atoms with Gasteiger partial charge in [-0.2, -0.15) is 0 Å². The Kier molecular flexibility index (Phi) is 5.30. The molecule has 0 unspecified atom stereocenters. The Morgan fingerprint density at radius 1 is 1.38 bits per heavy atom. The van der Waals surface area contributed by atoms with Gasteiger partial charge in [0.2, 0.25) is 0 Å². The summed E-state index contributed by atoms with van der Waals surface area (Å²) in [6, 6.07) is 0. The molecule has 0 aromatic heterocycles. The maximum Gasteiger partial charge on any atom is 0.380 e. The normalized spacial score (nSPS) is 14.3. The largest absolute Gasteiger partial charge is 0.467 e. The van der Waals surface area contributed by atoms with Gasteiger partial charge in [-0.3, -0.25) is 9.09 Å². The van der Waals surface area contributed by atoms with E-state index in [4.69, 9.17) is 22.5 Å². The number of carbonyl (C=O) groups excluding carboxylic acids is 1. The van der Waals surface area contributed by atoms with Crippen molar-refractivity contribution in [2.75, 3.05) is 7.11 Å². The molecule has 0 saturated carbocycles. The first-order chi connectivity index (χ1) is 5.78. The molecule has 0 aromatic carbocycles. The molecule has 13 heavy (non-hydrogen) atoms. The van der Waals surface area contributed by atoms with Crippen LogP contribution in [0.4, 0.5) is 0 Å². The van der Waals surface area contributed by atoms with Crippen LogP contribution in [-0.4, -0.2) is 19.2 Å². The summed E-state index contributed by atoms with van der Waals surface area (Å²) in [5.74, 6) is -0.852. The van der Waals surface area contributed by atoms with Crippen molar-refractivity contribution >= 4 is 34.5 Å². The number of ether oxygens (including phenoxy) is 1. The number of halogens is 2. The second-order valence-corrected chi connectivity index (χ2v) is 6.94. The highest BCUT2D eigenvalue weighted by Crippen LogP contribution is 2.59. The van der Waals surface area contributed by atoms with Crippen LogP contribution in [0.25, 0.3) is 0 Å². The van der Waals surface area contributed by atoms with E-state index in [2.05, 4.69) is 9.26 Å². The predicted octanol–water partition coefficient (Wildman–Crippen LogP) is 2.79. The third-order valence-electron chi connectivity index (χ3n) is 1.28. The van der Waals surface area contributed by atoms with Crippen LogP contribution in [0.1, 0.15) is 13.8 Å². The van der Waals surface area contributed by atoms with Gasteiger partial charge in [-0.1, -0.05) is 13.8 Å². The zero-order valence-electron chi connectivity index (χ0n) is 7.49. The number of carbonyl (C=O) groups is 1. The molecule has 0 spiro atoms. The maximum atomic E-state index is 11.0. The zero-order valence-corrected chi connectivity index (χ0v) is 9.90. The Morgan fingerprint density at radius 3 is 2.08 bits per heavy atom. The molecule has 0 N–H and O–H groups in total. The lowest BCUT2D eigenvalue weighted by Crippen LogP contribution is -2.29. The molecular weight excluding hydrogens is 238 g/mol. The second kappa shape index (κ2) is 5.20. The Labute approximate surface area is 86.5 Å². The Balaban J connectivity index is 4.45. The van der Waals surface area contributed by atoms with Gasteiger partial charge in [0, 0.05) is 0 Å². The van der Waals surface area contributed by atoms with E-state index in [-0.39, 0.29) is 5.92 Å².